The maximum atomic E-state index is 12.3. The van der Waals surface area contributed by atoms with Crippen LogP contribution in [0.2, 0.25) is 5.02 Å². The highest BCUT2D eigenvalue weighted by molar-refractivity contribution is 7.92. The highest BCUT2D eigenvalue weighted by Gasteiger charge is 2.22. The summed E-state index contributed by atoms with van der Waals surface area (Å²) in [6.07, 6.45) is 0. The molecular weight excluding hydrogens is 304 g/mol. The predicted molar refractivity (Wildman–Crippen MR) is 74.8 cm³/mol. The fourth-order valence-corrected chi connectivity index (χ4v) is 3.00. The standard InChI is InChI=1S/C12H13ClN2O4S/c1-7-4-10(18-3)11(6-9(7)13)20(16,17)15-12-5-8(2)19-14-12/h4-6H,1-3H3,(H,14,15). The van der Waals surface area contributed by atoms with Gasteiger partial charge in [0.25, 0.3) is 10.0 Å². The van der Waals surface area contributed by atoms with Crippen molar-refractivity contribution < 1.29 is 17.7 Å². The van der Waals surface area contributed by atoms with E-state index in [1.54, 1.807) is 19.9 Å². The number of aryl methyl sites for hydroxylation is 2. The summed E-state index contributed by atoms with van der Waals surface area (Å²) < 4.78 is 36.9. The number of nitrogens with zero attached hydrogens (tertiary/aromatic N) is 1. The third-order valence-electron chi connectivity index (χ3n) is 2.60. The number of benzene rings is 1. The van der Waals surface area contributed by atoms with Gasteiger partial charge in [-0.15, -0.1) is 0 Å². The van der Waals surface area contributed by atoms with Crippen LogP contribution in [0.25, 0.3) is 0 Å². The molecule has 0 bridgehead atoms. The Morgan fingerprint density at radius 3 is 2.55 bits per heavy atom. The number of aromatic nitrogens is 1. The van der Waals surface area contributed by atoms with E-state index in [1.165, 1.54) is 19.2 Å². The largest absolute Gasteiger partial charge is 0.495 e. The van der Waals surface area contributed by atoms with Crippen molar-refractivity contribution in [1.82, 2.24) is 5.16 Å². The smallest absolute Gasteiger partial charge is 0.266 e. The average Bonchev–Trinajstić information content (AvgIpc) is 2.76. The molecule has 0 saturated carbocycles. The van der Waals surface area contributed by atoms with Crippen molar-refractivity contribution in [3.63, 3.8) is 0 Å². The molecular formula is C12H13ClN2O4S. The zero-order chi connectivity index (χ0) is 14.9. The van der Waals surface area contributed by atoms with E-state index in [0.717, 1.165) is 5.56 Å². The molecule has 1 heterocycles. The molecule has 0 fully saturated rings. The van der Waals surface area contributed by atoms with Gasteiger partial charge in [0.05, 0.1) is 7.11 Å². The summed E-state index contributed by atoms with van der Waals surface area (Å²) in [5.74, 6) is 0.803. The minimum Gasteiger partial charge on any atom is -0.495 e. The maximum Gasteiger partial charge on any atom is 0.266 e. The van der Waals surface area contributed by atoms with Crippen molar-refractivity contribution in [1.29, 1.82) is 0 Å². The van der Waals surface area contributed by atoms with Gasteiger partial charge < -0.3 is 9.26 Å². The Kier molecular flexibility index (Phi) is 3.92. The van der Waals surface area contributed by atoms with Gasteiger partial charge in [-0.25, -0.2) is 8.42 Å². The molecule has 108 valence electrons. The molecule has 0 aliphatic heterocycles. The van der Waals surface area contributed by atoms with Crippen molar-refractivity contribution in [2.24, 2.45) is 0 Å². The molecule has 1 N–H and O–H groups in total. The minimum atomic E-state index is -3.86. The molecule has 1 aromatic heterocycles. The molecule has 1 aromatic carbocycles. The summed E-state index contributed by atoms with van der Waals surface area (Å²) in [4.78, 5) is -0.0590. The summed E-state index contributed by atoms with van der Waals surface area (Å²) in [5.41, 5.74) is 0.722. The molecule has 8 heteroatoms. The van der Waals surface area contributed by atoms with Crippen LogP contribution in [0.5, 0.6) is 5.75 Å². The molecule has 0 saturated heterocycles. The van der Waals surface area contributed by atoms with Gasteiger partial charge in [-0.3, -0.25) is 4.72 Å². The fraction of sp³-hybridized carbons (Fsp3) is 0.250. The van der Waals surface area contributed by atoms with Gasteiger partial charge >= 0.3 is 0 Å². The van der Waals surface area contributed by atoms with Gasteiger partial charge in [0, 0.05) is 11.1 Å². The van der Waals surface area contributed by atoms with Crippen molar-refractivity contribution in [3.05, 3.63) is 34.5 Å². The second-order valence-corrected chi connectivity index (χ2v) is 6.24. The Bertz CT molecular complexity index is 740. The zero-order valence-corrected chi connectivity index (χ0v) is 12.7. The van der Waals surface area contributed by atoms with Crippen LogP contribution in [-0.2, 0) is 10.0 Å². The highest BCUT2D eigenvalue weighted by atomic mass is 35.5. The van der Waals surface area contributed by atoms with Crippen LogP contribution in [0, 0.1) is 13.8 Å². The van der Waals surface area contributed by atoms with Crippen molar-refractivity contribution in [2.45, 2.75) is 18.7 Å². The first-order valence-corrected chi connectivity index (χ1v) is 7.50. The summed E-state index contributed by atoms with van der Waals surface area (Å²) in [6, 6.07) is 4.37. The van der Waals surface area contributed by atoms with Crippen LogP contribution in [0.15, 0.2) is 27.6 Å². The molecule has 6 nitrogen and oxygen atoms in total. The first-order valence-electron chi connectivity index (χ1n) is 5.64. The predicted octanol–water partition coefficient (Wildman–Crippen LogP) is 2.75. The molecule has 0 aliphatic carbocycles. The first kappa shape index (κ1) is 14.7. The lowest BCUT2D eigenvalue weighted by Gasteiger charge is -2.11. The Balaban J connectivity index is 2.46. The van der Waals surface area contributed by atoms with E-state index in [2.05, 4.69) is 9.88 Å². The minimum absolute atomic E-state index is 0.0590. The van der Waals surface area contributed by atoms with Crippen molar-refractivity contribution in [3.8, 4) is 5.75 Å². The number of halogens is 1. The topological polar surface area (TPSA) is 81.4 Å². The number of nitrogens with one attached hydrogen (secondary N) is 1. The van der Waals surface area contributed by atoms with Crippen LogP contribution in [0.3, 0.4) is 0 Å². The maximum absolute atomic E-state index is 12.3. The highest BCUT2D eigenvalue weighted by Crippen LogP contribution is 2.31. The van der Waals surface area contributed by atoms with E-state index < -0.39 is 10.0 Å². The SMILES string of the molecule is COc1cc(C)c(Cl)cc1S(=O)(=O)Nc1cc(C)on1. The van der Waals surface area contributed by atoms with Gasteiger partial charge in [0.15, 0.2) is 5.82 Å². The Morgan fingerprint density at radius 2 is 2.00 bits per heavy atom. The molecule has 2 aromatic rings. The summed E-state index contributed by atoms with van der Waals surface area (Å²) in [7, 11) is -2.47. The van der Waals surface area contributed by atoms with Crippen LogP contribution in [0.1, 0.15) is 11.3 Å². The van der Waals surface area contributed by atoms with Crippen LogP contribution < -0.4 is 9.46 Å². The number of anilines is 1. The molecule has 0 unspecified atom stereocenters. The fourth-order valence-electron chi connectivity index (χ4n) is 1.61. The quantitative estimate of drug-likeness (QED) is 0.938. The lowest BCUT2D eigenvalue weighted by atomic mass is 10.2. The van der Waals surface area contributed by atoms with Crippen LogP contribution in [-0.4, -0.2) is 20.7 Å². The third kappa shape index (κ3) is 2.88. The molecule has 0 amide bonds. The lowest BCUT2D eigenvalue weighted by molar-refractivity contribution is 0.399. The normalized spacial score (nSPS) is 11.4. The van der Waals surface area contributed by atoms with Crippen molar-refractivity contribution in [2.75, 3.05) is 11.8 Å². The van der Waals surface area contributed by atoms with Crippen molar-refractivity contribution >= 4 is 27.4 Å². The summed E-state index contributed by atoms with van der Waals surface area (Å²) in [6.45, 7) is 3.42. The molecule has 0 aliphatic rings. The molecule has 20 heavy (non-hydrogen) atoms. The van der Waals surface area contributed by atoms with E-state index in [1.807, 2.05) is 0 Å². The summed E-state index contributed by atoms with van der Waals surface area (Å²) >= 11 is 5.97. The number of methoxy groups -OCH3 is 1. The first-order chi connectivity index (χ1) is 9.33. The molecule has 0 spiro atoms. The number of rotatable bonds is 4. The van der Waals surface area contributed by atoms with Gasteiger partial charge in [-0.1, -0.05) is 16.8 Å². The Hall–Kier alpha value is -1.73. The van der Waals surface area contributed by atoms with E-state index >= 15 is 0 Å². The average molecular weight is 317 g/mol. The second-order valence-electron chi connectivity index (χ2n) is 4.18. The summed E-state index contributed by atoms with van der Waals surface area (Å²) in [5, 5.41) is 3.92. The number of hydrogen-bond acceptors (Lipinski definition) is 5. The molecule has 0 radical (unpaired) electrons. The van der Waals surface area contributed by atoms with E-state index in [9.17, 15) is 8.42 Å². The van der Waals surface area contributed by atoms with Crippen LogP contribution in [0.4, 0.5) is 5.82 Å². The Morgan fingerprint density at radius 1 is 1.30 bits per heavy atom. The monoisotopic (exact) mass is 316 g/mol. The molecule has 0 atom stereocenters. The molecule has 2 rings (SSSR count). The second kappa shape index (κ2) is 5.34. The van der Waals surface area contributed by atoms with E-state index in [-0.39, 0.29) is 16.5 Å². The number of hydrogen-bond donors (Lipinski definition) is 1. The Labute approximate surface area is 121 Å². The lowest BCUT2D eigenvalue weighted by Crippen LogP contribution is -2.14. The van der Waals surface area contributed by atoms with Crippen LogP contribution >= 0.6 is 11.6 Å². The zero-order valence-electron chi connectivity index (χ0n) is 11.1. The van der Waals surface area contributed by atoms with Gasteiger partial charge in [0.1, 0.15) is 16.4 Å². The van der Waals surface area contributed by atoms with E-state index in [0.29, 0.717) is 10.8 Å². The van der Waals surface area contributed by atoms with Gasteiger partial charge in [-0.05, 0) is 31.5 Å². The van der Waals surface area contributed by atoms with E-state index in [4.69, 9.17) is 20.9 Å². The number of ether oxygens (including phenoxy) is 1. The van der Waals surface area contributed by atoms with Gasteiger partial charge in [0.2, 0.25) is 0 Å². The number of sulfonamides is 1. The van der Waals surface area contributed by atoms with Gasteiger partial charge in [-0.2, -0.15) is 0 Å². The third-order valence-corrected chi connectivity index (χ3v) is 4.38.